The third kappa shape index (κ3) is 3.36. The maximum absolute atomic E-state index is 11.8. The molecule has 6 nitrogen and oxygen atoms in total. The molecule has 0 aliphatic rings. The van der Waals surface area contributed by atoms with E-state index in [0.717, 1.165) is 11.3 Å². The number of amides is 2. The Bertz CT molecular complexity index is 581. The molecule has 2 amide bonds. The summed E-state index contributed by atoms with van der Waals surface area (Å²) >= 11 is 0. The summed E-state index contributed by atoms with van der Waals surface area (Å²) in [5.41, 5.74) is 2.53. The molecule has 106 valence electrons. The Hall–Kier alpha value is -2.34. The number of rotatable bonds is 4. The topological polar surface area (TPSA) is 79.2 Å². The van der Waals surface area contributed by atoms with E-state index in [1.165, 1.54) is 0 Å². The van der Waals surface area contributed by atoms with Crippen LogP contribution in [0.3, 0.4) is 0 Å². The van der Waals surface area contributed by atoms with E-state index in [9.17, 15) is 4.79 Å². The molecule has 6 heteroatoms. The molecule has 2 rings (SSSR count). The van der Waals surface area contributed by atoms with Gasteiger partial charge in [-0.3, -0.25) is 0 Å². The van der Waals surface area contributed by atoms with Crippen LogP contribution in [-0.4, -0.2) is 33.6 Å². The molecule has 0 spiro atoms. The predicted molar refractivity (Wildman–Crippen MR) is 77.0 cm³/mol. The normalized spacial score (nSPS) is 11.9. The van der Waals surface area contributed by atoms with Gasteiger partial charge in [0.25, 0.3) is 0 Å². The Morgan fingerprint density at radius 2 is 2.30 bits per heavy atom. The minimum absolute atomic E-state index is 0.0975. The maximum atomic E-state index is 11.8. The van der Waals surface area contributed by atoms with Crippen LogP contribution in [0, 0.1) is 6.92 Å². The summed E-state index contributed by atoms with van der Waals surface area (Å²) < 4.78 is 1.72. The highest BCUT2D eigenvalue weighted by Gasteiger charge is 2.09. The number of aliphatic hydroxyl groups excluding tert-OH is 1. The average Bonchev–Trinajstić information content (AvgIpc) is 2.95. The average molecular weight is 274 g/mol. The second-order valence-corrected chi connectivity index (χ2v) is 4.63. The van der Waals surface area contributed by atoms with Gasteiger partial charge in [-0.1, -0.05) is 6.07 Å². The molecule has 0 bridgehead atoms. The molecular weight excluding hydrogens is 256 g/mol. The van der Waals surface area contributed by atoms with Gasteiger partial charge in [-0.05, 0) is 37.6 Å². The van der Waals surface area contributed by atoms with E-state index in [1.807, 2.05) is 37.4 Å². The van der Waals surface area contributed by atoms with Crippen LogP contribution in [0.4, 0.5) is 10.5 Å². The monoisotopic (exact) mass is 274 g/mol. The van der Waals surface area contributed by atoms with Crippen molar-refractivity contribution in [2.24, 2.45) is 0 Å². The molecule has 1 atom stereocenters. The molecule has 0 radical (unpaired) electrons. The van der Waals surface area contributed by atoms with E-state index in [0.29, 0.717) is 5.69 Å². The second kappa shape index (κ2) is 6.21. The SMILES string of the molecule is Cc1ccc(-n2cccn2)cc1NC(=O)N[C@@H](C)CO. The summed E-state index contributed by atoms with van der Waals surface area (Å²) in [6.45, 7) is 3.55. The van der Waals surface area contributed by atoms with E-state index >= 15 is 0 Å². The fourth-order valence-electron chi connectivity index (χ4n) is 1.74. The number of aliphatic hydroxyl groups is 1. The molecule has 20 heavy (non-hydrogen) atoms. The Kier molecular flexibility index (Phi) is 4.37. The van der Waals surface area contributed by atoms with Gasteiger partial charge in [-0.2, -0.15) is 5.10 Å². The number of urea groups is 1. The van der Waals surface area contributed by atoms with E-state index in [-0.39, 0.29) is 18.7 Å². The first kappa shape index (κ1) is 14.1. The molecule has 1 aromatic carbocycles. The van der Waals surface area contributed by atoms with Gasteiger partial charge in [0, 0.05) is 18.1 Å². The van der Waals surface area contributed by atoms with Crippen molar-refractivity contribution >= 4 is 11.7 Å². The lowest BCUT2D eigenvalue weighted by atomic mass is 10.2. The van der Waals surface area contributed by atoms with E-state index in [4.69, 9.17) is 5.11 Å². The molecule has 0 unspecified atom stereocenters. The number of nitrogens with zero attached hydrogens (tertiary/aromatic N) is 2. The number of nitrogens with one attached hydrogen (secondary N) is 2. The van der Waals surface area contributed by atoms with Crippen molar-refractivity contribution in [2.75, 3.05) is 11.9 Å². The summed E-state index contributed by atoms with van der Waals surface area (Å²) in [6.07, 6.45) is 3.53. The van der Waals surface area contributed by atoms with E-state index in [2.05, 4.69) is 15.7 Å². The minimum Gasteiger partial charge on any atom is -0.394 e. The molecule has 3 N–H and O–H groups in total. The number of aryl methyl sites for hydroxylation is 1. The van der Waals surface area contributed by atoms with Gasteiger partial charge in [-0.15, -0.1) is 0 Å². The standard InChI is InChI=1S/C14H18N4O2/c1-10-4-5-12(18-7-3-6-15-18)8-13(10)17-14(20)16-11(2)9-19/h3-8,11,19H,9H2,1-2H3,(H2,16,17,20)/t11-/m0/s1. The van der Waals surface area contributed by atoms with Crippen LogP contribution in [0.5, 0.6) is 0 Å². The Balaban J connectivity index is 2.15. The predicted octanol–water partition coefficient (Wildman–Crippen LogP) is 1.68. The summed E-state index contributed by atoms with van der Waals surface area (Å²) in [6, 6.07) is 6.91. The van der Waals surface area contributed by atoms with Crippen molar-refractivity contribution in [3.05, 3.63) is 42.2 Å². The summed E-state index contributed by atoms with van der Waals surface area (Å²) in [4.78, 5) is 11.8. The summed E-state index contributed by atoms with van der Waals surface area (Å²) in [5.74, 6) is 0. The van der Waals surface area contributed by atoms with Gasteiger partial charge in [0.05, 0.1) is 18.3 Å². The number of aromatic nitrogens is 2. The fraction of sp³-hybridized carbons (Fsp3) is 0.286. The molecule has 1 heterocycles. The highest BCUT2D eigenvalue weighted by molar-refractivity contribution is 5.90. The van der Waals surface area contributed by atoms with Crippen LogP contribution in [0.2, 0.25) is 0 Å². The Morgan fingerprint density at radius 3 is 2.95 bits per heavy atom. The van der Waals surface area contributed by atoms with E-state index < -0.39 is 0 Å². The largest absolute Gasteiger partial charge is 0.394 e. The minimum atomic E-state index is -0.340. The number of carbonyl (C=O) groups is 1. The summed E-state index contributed by atoms with van der Waals surface area (Å²) in [7, 11) is 0. The molecule has 0 aliphatic carbocycles. The molecule has 0 fully saturated rings. The van der Waals surface area contributed by atoms with Gasteiger partial charge in [0.2, 0.25) is 0 Å². The quantitative estimate of drug-likeness (QED) is 0.793. The zero-order chi connectivity index (χ0) is 14.5. The smallest absolute Gasteiger partial charge is 0.319 e. The van der Waals surface area contributed by atoms with Gasteiger partial charge in [-0.25, -0.2) is 9.48 Å². The van der Waals surface area contributed by atoms with Crippen molar-refractivity contribution in [1.29, 1.82) is 0 Å². The third-order valence-electron chi connectivity index (χ3n) is 2.89. The molecule has 0 aliphatic heterocycles. The van der Waals surface area contributed by atoms with Crippen molar-refractivity contribution in [3.8, 4) is 5.69 Å². The van der Waals surface area contributed by atoms with Crippen LogP contribution < -0.4 is 10.6 Å². The molecule has 1 aromatic heterocycles. The first-order chi connectivity index (χ1) is 9.60. The van der Waals surface area contributed by atoms with Crippen LogP contribution in [0.1, 0.15) is 12.5 Å². The first-order valence-corrected chi connectivity index (χ1v) is 6.39. The van der Waals surface area contributed by atoms with Crippen molar-refractivity contribution in [3.63, 3.8) is 0 Å². The lowest BCUT2D eigenvalue weighted by Crippen LogP contribution is -2.38. The van der Waals surface area contributed by atoms with Crippen LogP contribution in [0.15, 0.2) is 36.7 Å². The van der Waals surface area contributed by atoms with Crippen LogP contribution >= 0.6 is 0 Å². The Labute approximate surface area is 117 Å². The van der Waals surface area contributed by atoms with Gasteiger partial charge < -0.3 is 15.7 Å². The summed E-state index contributed by atoms with van der Waals surface area (Å²) in [5, 5.41) is 18.5. The van der Waals surface area contributed by atoms with Gasteiger partial charge >= 0.3 is 6.03 Å². The molecule has 0 saturated carbocycles. The van der Waals surface area contributed by atoms with E-state index in [1.54, 1.807) is 17.8 Å². The zero-order valence-corrected chi connectivity index (χ0v) is 11.5. The third-order valence-corrected chi connectivity index (χ3v) is 2.89. The van der Waals surface area contributed by atoms with Gasteiger partial charge in [0.1, 0.15) is 0 Å². The highest BCUT2D eigenvalue weighted by atomic mass is 16.3. The lowest BCUT2D eigenvalue weighted by molar-refractivity contribution is 0.229. The number of hydrogen-bond donors (Lipinski definition) is 3. The number of hydrogen-bond acceptors (Lipinski definition) is 3. The van der Waals surface area contributed by atoms with Crippen molar-refractivity contribution in [1.82, 2.24) is 15.1 Å². The van der Waals surface area contributed by atoms with Gasteiger partial charge in [0.15, 0.2) is 0 Å². The lowest BCUT2D eigenvalue weighted by Gasteiger charge is -2.14. The second-order valence-electron chi connectivity index (χ2n) is 4.63. The number of anilines is 1. The van der Waals surface area contributed by atoms with Crippen LogP contribution in [-0.2, 0) is 0 Å². The van der Waals surface area contributed by atoms with Crippen LogP contribution in [0.25, 0.3) is 5.69 Å². The highest BCUT2D eigenvalue weighted by Crippen LogP contribution is 2.19. The Morgan fingerprint density at radius 1 is 1.50 bits per heavy atom. The molecular formula is C14H18N4O2. The van der Waals surface area contributed by atoms with Crippen molar-refractivity contribution < 1.29 is 9.90 Å². The first-order valence-electron chi connectivity index (χ1n) is 6.39. The molecule has 0 saturated heterocycles. The number of benzene rings is 1. The fourth-order valence-corrected chi connectivity index (χ4v) is 1.74. The zero-order valence-electron chi connectivity index (χ0n) is 11.5. The maximum Gasteiger partial charge on any atom is 0.319 e. The molecule has 2 aromatic rings. The number of carbonyl (C=O) groups excluding carboxylic acids is 1. The van der Waals surface area contributed by atoms with Crippen molar-refractivity contribution in [2.45, 2.75) is 19.9 Å².